The van der Waals surface area contributed by atoms with Gasteiger partial charge in [0, 0.05) is 51.6 Å². The van der Waals surface area contributed by atoms with Gasteiger partial charge in [-0.05, 0) is 67.7 Å². The number of aryl methyl sites for hydroxylation is 1. The summed E-state index contributed by atoms with van der Waals surface area (Å²) in [5, 5.41) is 0. The van der Waals surface area contributed by atoms with E-state index in [1.54, 1.807) is 6.92 Å². The first-order chi connectivity index (χ1) is 15.5. The third kappa shape index (κ3) is 6.91. The van der Waals surface area contributed by atoms with Crippen molar-refractivity contribution in [3.63, 3.8) is 0 Å². The summed E-state index contributed by atoms with van der Waals surface area (Å²) in [5.41, 5.74) is 6.30. The number of carbonyl (C=O) groups is 2. The van der Waals surface area contributed by atoms with Crippen LogP contribution in [0.5, 0.6) is 0 Å². The van der Waals surface area contributed by atoms with Crippen LogP contribution in [-0.4, -0.2) is 47.7 Å². The Morgan fingerprint density at radius 3 is 2.36 bits per heavy atom. The molecule has 0 saturated carbocycles. The highest BCUT2D eigenvalue weighted by molar-refractivity contribution is 5.96. The molecule has 0 atom stereocenters. The van der Waals surface area contributed by atoms with Crippen molar-refractivity contribution >= 4 is 24.1 Å². The SMILES string of the molecule is CC(=O)N1CCC(CCC(=O)c2ccc3c(c2)CCN(Cc2cccc(C)c2)CC3)CC1.Cl. The standard InChI is InChI=1S/C28H36N2O2.ClH/c1-21-4-3-5-24(18-21)20-29-14-12-25-7-8-27(19-26(25)13-15-29)28(32)9-6-23-10-16-30(17-11-23)22(2)31;/h3-5,7-8,18-19,23H,6,9-17,20H2,1-2H3;1H. The number of hydrogen-bond donors (Lipinski definition) is 0. The van der Waals surface area contributed by atoms with Gasteiger partial charge in [0.2, 0.25) is 5.91 Å². The molecule has 33 heavy (non-hydrogen) atoms. The summed E-state index contributed by atoms with van der Waals surface area (Å²) in [6.07, 6.45) is 5.65. The Labute approximate surface area is 204 Å². The van der Waals surface area contributed by atoms with Gasteiger partial charge in [-0.25, -0.2) is 0 Å². The van der Waals surface area contributed by atoms with Gasteiger partial charge < -0.3 is 4.90 Å². The zero-order chi connectivity index (χ0) is 22.5. The Morgan fingerprint density at radius 1 is 0.939 bits per heavy atom. The second-order valence-electron chi connectivity index (χ2n) is 9.66. The van der Waals surface area contributed by atoms with Crippen LogP contribution in [0.2, 0.25) is 0 Å². The van der Waals surface area contributed by atoms with Gasteiger partial charge in [0.1, 0.15) is 0 Å². The number of ketones is 1. The third-order valence-corrected chi connectivity index (χ3v) is 7.25. The molecule has 2 aliphatic rings. The lowest BCUT2D eigenvalue weighted by Crippen LogP contribution is -2.37. The van der Waals surface area contributed by atoms with E-state index in [1.807, 2.05) is 11.0 Å². The van der Waals surface area contributed by atoms with E-state index >= 15 is 0 Å². The maximum atomic E-state index is 12.9. The summed E-state index contributed by atoms with van der Waals surface area (Å²) < 4.78 is 0. The average Bonchev–Trinajstić information content (AvgIpc) is 2.99. The first kappa shape index (κ1) is 25.5. The van der Waals surface area contributed by atoms with Crippen molar-refractivity contribution in [2.75, 3.05) is 26.2 Å². The third-order valence-electron chi connectivity index (χ3n) is 7.25. The Hall–Kier alpha value is -2.17. The lowest BCUT2D eigenvalue weighted by Gasteiger charge is -2.31. The molecule has 0 spiro atoms. The normalized spacial score (nSPS) is 17.1. The van der Waals surface area contributed by atoms with Gasteiger partial charge in [-0.15, -0.1) is 12.4 Å². The number of likely N-dealkylation sites (tertiary alicyclic amines) is 1. The van der Waals surface area contributed by atoms with E-state index in [0.29, 0.717) is 12.3 Å². The molecule has 1 amide bonds. The molecule has 1 fully saturated rings. The van der Waals surface area contributed by atoms with E-state index in [9.17, 15) is 9.59 Å². The molecule has 2 aromatic rings. The van der Waals surface area contributed by atoms with E-state index in [-0.39, 0.29) is 24.1 Å². The predicted octanol–water partition coefficient (Wildman–Crippen LogP) is 5.24. The Morgan fingerprint density at radius 2 is 1.67 bits per heavy atom. The van der Waals surface area contributed by atoms with Crippen LogP contribution in [0, 0.1) is 12.8 Å². The summed E-state index contributed by atoms with van der Waals surface area (Å²) in [6.45, 7) is 8.56. The zero-order valence-electron chi connectivity index (χ0n) is 20.0. The van der Waals surface area contributed by atoms with Crippen molar-refractivity contribution in [3.05, 3.63) is 70.3 Å². The first-order valence-electron chi connectivity index (χ1n) is 12.2. The first-order valence-corrected chi connectivity index (χ1v) is 12.2. The highest BCUT2D eigenvalue weighted by Crippen LogP contribution is 2.24. The molecular weight excluding hydrogens is 432 g/mol. The number of fused-ring (bicyclic) bond motifs is 1. The van der Waals surface area contributed by atoms with Crippen LogP contribution in [0.3, 0.4) is 0 Å². The monoisotopic (exact) mass is 468 g/mol. The van der Waals surface area contributed by atoms with Crippen LogP contribution in [0.4, 0.5) is 0 Å². The smallest absolute Gasteiger partial charge is 0.219 e. The number of rotatable bonds is 6. The summed E-state index contributed by atoms with van der Waals surface area (Å²) in [6, 6.07) is 15.2. The highest BCUT2D eigenvalue weighted by atomic mass is 35.5. The highest BCUT2D eigenvalue weighted by Gasteiger charge is 2.22. The van der Waals surface area contributed by atoms with Gasteiger partial charge in [-0.3, -0.25) is 14.5 Å². The molecule has 2 aliphatic heterocycles. The summed E-state index contributed by atoms with van der Waals surface area (Å²) in [7, 11) is 0. The van der Waals surface area contributed by atoms with E-state index in [1.165, 1.54) is 22.3 Å². The summed E-state index contributed by atoms with van der Waals surface area (Å²) >= 11 is 0. The van der Waals surface area contributed by atoms with Crippen molar-refractivity contribution in [1.82, 2.24) is 9.80 Å². The molecule has 2 heterocycles. The maximum absolute atomic E-state index is 12.9. The van der Waals surface area contributed by atoms with Crippen LogP contribution in [0.1, 0.15) is 65.2 Å². The summed E-state index contributed by atoms with van der Waals surface area (Å²) in [4.78, 5) is 28.8. The molecule has 5 heteroatoms. The minimum absolute atomic E-state index is 0. The molecule has 2 aromatic carbocycles. The van der Waals surface area contributed by atoms with Gasteiger partial charge in [0.25, 0.3) is 0 Å². The Balaban J connectivity index is 0.00000306. The van der Waals surface area contributed by atoms with Gasteiger partial charge in [0.05, 0.1) is 0 Å². The topological polar surface area (TPSA) is 40.6 Å². The number of amides is 1. The molecule has 0 aromatic heterocycles. The van der Waals surface area contributed by atoms with Crippen molar-refractivity contribution < 1.29 is 9.59 Å². The van der Waals surface area contributed by atoms with Gasteiger partial charge in [-0.2, -0.15) is 0 Å². The number of Topliss-reactive ketones (excluding diaryl/α,β-unsaturated/α-hetero) is 1. The number of benzene rings is 2. The molecule has 0 aliphatic carbocycles. The minimum Gasteiger partial charge on any atom is -0.343 e. The van der Waals surface area contributed by atoms with Crippen molar-refractivity contribution in [1.29, 1.82) is 0 Å². The second kappa shape index (κ2) is 11.8. The fraction of sp³-hybridized carbons (Fsp3) is 0.500. The minimum atomic E-state index is 0. The van der Waals surface area contributed by atoms with Crippen LogP contribution < -0.4 is 0 Å². The largest absolute Gasteiger partial charge is 0.343 e. The average molecular weight is 469 g/mol. The molecule has 4 nitrogen and oxygen atoms in total. The molecule has 4 rings (SSSR count). The fourth-order valence-electron chi connectivity index (χ4n) is 5.19. The number of hydrogen-bond acceptors (Lipinski definition) is 3. The molecule has 1 saturated heterocycles. The van der Waals surface area contributed by atoms with E-state index in [2.05, 4.69) is 48.2 Å². The molecule has 178 valence electrons. The van der Waals surface area contributed by atoms with Crippen molar-refractivity contribution in [2.45, 2.75) is 58.9 Å². The van der Waals surface area contributed by atoms with Crippen LogP contribution >= 0.6 is 12.4 Å². The molecule has 0 radical (unpaired) electrons. The van der Waals surface area contributed by atoms with Crippen molar-refractivity contribution in [3.8, 4) is 0 Å². The number of halogens is 1. The van der Waals surface area contributed by atoms with Crippen LogP contribution in [0.15, 0.2) is 42.5 Å². The maximum Gasteiger partial charge on any atom is 0.219 e. The zero-order valence-corrected chi connectivity index (χ0v) is 20.8. The Kier molecular flexibility index (Phi) is 9.10. The number of nitrogens with zero attached hydrogens (tertiary/aromatic N) is 2. The van der Waals surface area contributed by atoms with Crippen LogP contribution in [-0.2, 0) is 24.2 Å². The predicted molar refractivity (Wildman–Crippen MR) is 136 cm³/mol. The van der Waals surface area contributed by atoms with Crippen LogP contribution in [0.25, 0.3) is 0 Å². The Bertz CT molecular complexity index is 966. The molecule has 0 N–H and O–H groups in total. The molecule has 0 bridgehead atoms. The lowest BCUT2D eigenvalue weighted by atomic mass is 9.89. The van der Waals surface area contributed by atoms with E-state index in [0.717, 1.165) is 70.4 Å². The summed E-state index contributed by atoms with van der Waals surface area (Å²) in [5.74, 6) is 0.996. The lowest BCUT2D eigenvalue weighted by molar-refractivity contribution is -0.130. The quantitative estimate of drug-likeness (QED) is 0.544. The van der Waals surface area contributed by atoms with Gasteiger partial charge >= 0.3 is 0 Å². The fourth-order valence-corrected chi connectivity index (χ4v) is 5.19. The van der Waals surface area contributed by atoms with Crippen molar-refractivity contribution in [2.24, 2.45) is 5.92 Å². The number of piperidine rings is 1. The molecular formula is C28H37ClN2O2. The second-order valence-corrected chi connectivity index (χ2v) is 9.66. The van der Waals surface area contributed by atoms with E-state index in [4.69, 9.17) is 0 Å². The molecule has 0 unspecified atom stereocenters. The van der Waals surface area contributed by atoms with Gasteiger partial charge in [0.15, 0.2) is 5.78 Å². The van der Waals surface area contributed by atoms with E-state index < -0.39 is 0 Å². The number of carbonyl (C=O) groups excluding carboxylic acids is 2. The van der Waals surface area contributed by atoms with Gasteiger partial charge in [-0.1, -0.05) is 42.0 Å².